The second-order valence-electron chi connectivity index (χ2n) is 9.30. The zero-order valence-electron chi connectivity index (χ0n) is 17.4. The first-order valence-corrected chi connectivity index (χ1v) is 11.1. The first-order chi connectivity index (χ1) is 15.1. The van der Waals surface area contributed by atoms with Crippen molar-refractivity contribution in [2.45, 2.75) is 11.5 Å². The Balaban J connectivity index is 1.43. The summed E-state index contributed by atoms with van der Waals surface area (Å²) >= 11 is 0. The van der Waals surface area contributed by atoms with Crippen molar-refractivity contribution in [3.8, 4) is 0 Å². The molecule has 5 heterocycles. The topological polar surface area (TPSA) is 68.4 Å². The number of pyridine rings is 1. The number of aromatic amines is 1. The molecule has 3 unspecified atom stereocenters. The number of amides is 1. The van der Waals surface area contributed by atoms with E-state index in [0.717, 1.165) is 44.7 Å². The monoisotopic (exact) mass is 414 g/mol. The predicted octanol–water partition coefficient (Wildman–Crippen LogP) is 1.83. The molecule has 4 bridgehead atoms. The van der Waals surface area contributed by atoms with Gasteiger partial charge in [-0.1, -0.05) is 48.5 Å². The van der Waals surface area contributed by atoms with E-state index >= 15 is 0 Å². The van der Waals surface area contributed by atoms with E-state index in [9.17, 15) is 9.59 Å². The molecule has 6 nitrogen and oxygen atoms in total. The maximum atomic E-state index is 13.6. The minimum absolute atomic E-state index is 0.0334. The summed E-state index contributed by atoms with van der Waals surface area (Å²) in [5.41, 5.74) is 2.04. The molecule has 0 radical (unpaired) electrons. The van der Waals surface area contributed by atoms with Crippen LogP contribution in [-0.4, -0.2) is 66.0 Å². The molecule has 1 amide bonds. The van der Waals surface area contributed by atoms with Crippen LogP contribution < -0.4 is 10.9 Å². The molecule has 0 saturated carbocycles. The van der Waals surface area contributed by atoms with E-state index in [4.69, 9.17) is 0 Å². The van der Waals surface area contributed by atoms with Crippen LogP contribution in [0.5, 0.6) is 0 Å². The van der Waals surface area contributed by atoms with Crippen molar-refractivity contribution < 1.29 is 4.79 Å². The van der Waals surface area contributed by atoms with Crippen LogP contribution in [0.25, 0.3) is 10.9 Å². The Labute approximate surface area is 180 Å². The number of H-pyrrole nitrogens is 1. The molecule has 2 N–H and O–H groups in total. The lowest BCUT2D eigenvalue weighted by Crippen LogP contribution is -2.70. The van der Waals surface area contributed by atoms with Crippen molar-refractivity contribution >= 4 is 16.8 Å². The summed E-state index contributed by atoms with van der Waals surface area (Å²) in [5.74, 6) is 0.209. The van der Waals surface area contributed by atoms with Crippen molar-refractivity contribution in [1.29, 1.82) is 0 Å². The average molecular weight is 415 g/mol. The molecule has 1 aromatic heterocycles. The molecule has 158 valence electrons. The van der Waals surface area contributed by atoms with Gasteiger partial charge >= 0.3 is 0 Å². The van der Waals surface area contributed by atoms with Gasteiger partial charge in [-0.3, -0.25) is 9.59 Å². The van der Waals surface area contributed by atoms with Crippen LogP contribution in [0.2, 0.25) is 0 Å². The number of rotatable bonds is 3. The van der Waals surface area contributed by atoms with Gasteiger partial charge in [0.05, 0.1) is 5.56 Å². The van der Waals surface area contributed by atoms with E-state index < -0.39 is 0 Å². The number of carbonyl (C=O) groups is 1. The lowest BCUT2D eigenvalue weighted by atomic mass is 9.64. The highest BCUT2D eigenvalue weighted by Crippen LogP contribution is 2.43. The summed E-state index contributed by atoms with van der Waals surface area (Å²) in [6.07, 6.45) is 0. The third-order valence-electron chi connectivity index (χ3n) is 7.43. The van der Waals surface area contributed by atoms with Crippen molar-refractivity contribution in [2.24, 2.45) is 5.92 Å². The normalized spacial score (nSPS) is 31.5. The quantitative estimate of drug-likeness (QED) is 0.686. The molecule has 3 atom stereocenters. The molecule has 2 aromatic carbocycles. The number of hydrogen-bond acceptors (Lipinski definition) is 4. The summed E-state index contributed by atoms with van der Waals surface area (Å²) in [5, 5.41) is 4.20. The van der Waals surface area contributed by atoms with Gasteiger partial charge in [-0.2, -0.15) is 0 Å². The molecule has 3 aromatic rings. The molecular formula is C25H26N4O2. The molecule has 31 heavy (non-hydrogen) atoms. The SMILES string of the molecule is O=C(NC1C2CN3CCN(C2)CC1(c1ccccc1)C3)c1cc(=O)[nH]c2ccccc12. The fraction of sp³-hybridized carbons (Fsp3) is 0.360. The first kappa shape index (κ1) is 18.8. The van der Waals surface area contributed by atoms with Crippen LogP contribution in [0, 0.1) is 5.92 Å². The molecular weight excluding hydrogens is 388 g/mol. The fourth-order valence-corrected chi connectivity index (χ4v) is 6.18. The van der Waals surface area contributed by atoms with Gasteiger partial charge in [-0.15, -0.1) is 0 Å². The van der Waals surface area contributed by atoms with Gasteiger partial charge in [0.25, 0.3) is 5.91 Å². The minimum atomic E-state index is -0.249. The van der Waals surface area contributed by atoms with E-state index in [2.05, 4.69) is 50.4 Å². The Hall–Kier alpha value is -2.96. The smallest absolute Gasteiger partial charge is 0.252 e. The summed E-state index contributed by atoms with van der Waals surface area (Å²) in [4.78, 5) is 33.8. The first-order valence-electron chi connectivity index (χ1n) is 11.1. The number of benzene rings is 2. The lowest BCUT2D eigenvalue weighted by molar-refractivity contribution is 0.0181. The van der Waals surface area contributed by atoms with Crippen LogP contribution in [0.1, 0.15) is 15.9 Å². The van der Waals surface area contributed by atoms with Gasteiger partial charge in [-0.25, -0.2) is 0 Å². The van der Waals surface area contributed by atoms with Crippen LogP contribution in [-0.2, 0) is 5.41 Å². The van der Waals surface area contributed by atoms with Gasteiger partial charge in [0.1, 0.15) is 0 Å². The summed E-state index contributed by atoms with van der Waals surface area (Å²) in [6, 6.07) is 19.6. The Morgan fingerprint density at radius 3 is 2.39 bits per heavy atom. The van der Waals surface area contributed by atoms with Gasteiger partial charge in [0.2, 0.25) is 5.56 Å². The number of nitrogens with one attached hydrogen (secondary N) is 2. The maximum Gasteiger partial charge on any atom is 0.252 e. The molecule has 6 heteroatoms. The summed E-state index contributed by atoms with van der Waals surface area (Å²) in [7, 11) is 0. The van der Waals surface area contributed by atoms with Gasteiger partial charge in [0, 0.05) is 73.6 Å². The van der Waals surface area contributed by atoms with Gasteiger partial charge in [0.15, 0.2) is 0 Å². The molecule has 7 rings (SSSR count). The Morgan fingerprint density at radius 2 is 1.65 bits per heavy atom. The number of para-hydroxylation sites is 1. The summed E-state index contributed by atoms with van der Waals surface area (Å²) < 4.78 is 0. The average Bonchev–Trinajstić information content (AvgIpc) is 3.04. The number of fused-ring (bicyclic) bond motifs is 2. The van der Waals surface area contributed by atoms with E-state index in [1.54, 1.807) is 0 Å². The Bertz CT molecular complexity index is 1190. The van der Waals surface area contributed by atoms with E-state index in [0.29, 0.717) is 17.0 Å². The minimum Gasteiger partial charge on any atom is -0.348 e. The van der Waals surface area contributed by atoms with Crippen molar-refractivity contribution in [2.75, 3.05) is 39.3 Å². The largest absolute Gasteiger partial charge is 0.348 e. The van der Waals surface area contributed by atoms with E-state index in [1.807, 2.05) is 24.3 Å². The summed E-state index contributed by atoms with van der Waals surface area (Å²) in [6.45, 7) is 6.09. The number of hydrogen-bond donors (Lipinski definition) is 2. The standard InChI is InChI=1S/C25H26N4O2/c30-22-12-20(19-8-4-5-9-21(19)26-22)24(31)27-23-17-13-28-10-11-29(14-17)16-25(23,15-28)18-6-2-1-3-7-18/h1-9,12,17,23H,10-11,13-16H2,(H,26,30)(H,27,31). The predicted molar refractivity (Wildman–Crippen MR) is 120 cm³/mol. The van der Waals surface area contributed by atoms with Crippen LogP contribution in [0.3, 0.4) is 0 Å². The molecule has 4 aliphatic heterocycles. The Kier molecular flexibility index (Phi) is 4.26. The molecule has 4 saturated heterocycles. The van der Waals surface area contributed by atoms with Crippen LogP contribution >= 0.6 is 0 Å². The Morgan fingerprint density at radius 1 is 0.968 bits per heavy atom. The molecule has 0 aliphatic carbocycles. The molecule has 4 aliphatic rings. The fourth-order valence-electron chi connectivity index (χ4n) is 6.18. The maximum absolute atomic E-state index is 13.6. The highest BCUT2D eigenvalue weighted by molar-refractivity contribution is 6.06. The van der Waals surface area contributed by atoms with Crippen LogP contribution in [0.4, 0.5) is 0 Å². The second-order valence-corrected chi connectivity index (χ2v) is 9.30. The van der Waals surface area contributed by atoms with Crippen LogP contribution in [0.15, 0.2) is 65.5 Å². The highest BCUT2D eigenvalue weighted by Gasteiger charge is 2.55. The third-order valence-corrected chi connectivity index (χ3v) is 7.43. The third kappa shape index (κ3) is 3.01. The number of aromatic nitrogens is 1. The molecule has 0 spiro atoms. The number of nitrogens with zero attached hydrogens (tertiary/aromatic N) is 2. The van der Waals surface area contributed by atoms with E-state index in [1.165, 1.54) is 11.6 Å². The van der Waals surface area contributed by atoms with E-state index in [-0.39, 0.29) is 22.9 Å². The molecule has 4 fully saturated rings. The van der Waals surface area contributed by atoms with Crippen molar-refractivity contribution in [1.82, 2.24) is 20.1 Å². The van der Waals surface area contributed by atoms with Gasteiger partial charge in [-0.05, 0) is 11.6 Å². The number of carbonyl (C=O) groups excluding carboxylic acids is 1. The lowest BCUT2D eigenvalue weighted by Gasteiger charge is -2.55. The number of piperidine rings is 2. The zero-order valence-corrected chi connectivity index (χ0v) is 17.4. The zero-order chi connectivity index (χ0) is 21.0. The van der Waals surface area contributed by atoms with Crippen molar-refractivity contribution in [3.63, 3.8) is 0 Å². The van der Waals surface area contributed by atoms with Crippen molar-refractivity contribution in [3.05, 3.63) is 82.1 Å². The highest BCUT2D eigenvalue weighted by atomic mass is 16.2. The van der Waals surface area contributed by atoms with Gasteiger partial charge < -0.3 is 20.1 Å². The second kappa shape index (κ2) is 7.04.